The Morgan fingerprint density at radius 3 is 2.59 bits per heavy atom. The third-order valence-electron chi connectivity index (χ3n) is 3.29. The van der Waals surface area contributed by atoms with E-state index in [2.05, 4.69) is 0 Å². The fourth-order valence-corrected chi connectivity index (χ4v) is 2.24. The molecule has 0 spiro atoms. The zero-order valence-electron chi connectivity index (χ0n) is 9.58. The molecule has 1 aromatic carbocycles. The monoisotopic (exact) mass is 236 g/mol. The van der Waals surface area contributed by atoms with Crippen LogP contribution in [0.1, 0.15) is 12.8 Å². The van der Waals surface area contributed by atoms with Crippen LogP contribution < -0.4 is 4.90 Å². The van der Waals surface area contributed by atoms with Gasteiger partial charge in [0.05, 0.1) is 4.92 Å². The third-order valence-corrected chi connectivity index (χ3v) is 3.29. The van der Waals surface area contributed by atoms with E-state index < -0.39 is 0 Å². The van der Waals surface area contributed by atoms with E-state index in [1.54, 1.807) is 12.1 Å². The van der Waals surface area contributed by atoms with Crippen molar-refractivity contribution >= 4 is 11.4 Å². The summed E-state index contributed by atoms with van der Waals surface area (Å²) in [5, 5.41) is 20.0. The Bertz CT molecular complexity index is 400. The van der Waals surface area contributed by atoms with Crippen LogP contribution in [0.2, 0.25) is 0 Å². The SMILES string of the molecule is O=[N+]([O-])c1ccccc1N1CCC(CO)CC1. The molecule has 0 radical (unpaired) electrons. The van der Waals surface area contributed by atoms with Gasteiger partial charge in [0.15, 0.2) is 0 Å². The van der Waals surface area contributed by atoms with Gasteiger partial charge in [-0.3, -0.25) is 10.1 Å². The van der Waals surface area contributed by atoms with E-state index in [0.717, 1.165) is 25.9 Å². The first-order chi connectivity index (χ1) is 8.22. The summed E-state index contributed by atoms with van der Waals surface area (Å²) in [7, 11) is 0. The summed E-state index contributed by atoms with van der Waals surface area (Å²) >= 11 is 0. The average Bonchev–Trinajstić information content (AvgIpc) is 2.39. The van der Waals surface area contributed by atoms with Crippen LogP contribution in [0.15, 0.2) is 24.3 Å². The first kappa shape index (κ1) is 11.9. The van der Waals surface area contributed by atoms with Crippen molar-refractivity contribution in [3.8, 4) is 0 Å². The fraction of sp³-hybridized carbons (Fsp3) is 0.500. The summed E-state index contributed by atoms with van der Waals surface area (Å²) in [5.74, 6) is 0.342. The topological polar surface area (TPSA) is 66.6 Å². The number of hydrogen-bond donors (Lipinski definition) is 1. The van der Waals surface area contributed by atoms with Gasteiger partial charge in [0.1, 0.15) is 5.69 Å². The second kappa shape index (κ2) is 5.14. The van der Waals surface area contributed by atoms with Gasteiger partial charge in [-0.25, -0.2) is 0 Å². The van der Waals surface area contributed by atoms with Gasteiger partial charge in [-0.1, -0.05) is 12.1 Å². The molecule has 5 nitrogen and oxygen atoms in total. The molecule has 1 aliphatic rings. The Kier molecular flexibility index (Phi) is 3.58. The molecule has 0 aliphatic carbocycles. The van der Waals surface area contributed by atoms with Crippen LogP contribution in [-0.2, 0) is 0 Å². The van der Waals surface area contributed by atoms with Gasteiger partial charge in [-0.15, -0.1) is 0 Å². The molecule has 0 atom stereocenters. The summed E-state index contributed by atoms with van der Waals surface area (Å²) in [6, 6.07) is 6.83. The molecule has 1 fully saturated rings. The molecular weight excluding hydrogens is 220 g/mol. The van der Waals surface area contributed by atoms with Gasteiger partial charge >= 0.3 is 0 Å². The minimum absolute atomic E-state index is 0.162. The Balaban J connectivity index is 2.15. The quantitative estimate of drug-likeness (QED) is 0.642. The van der Waals surface area contributed by atoms with Crippen molar-refractivity contribution in [3.05, 3.63) is 34.4 Å². The molecule has 0 saturated carbocycles. The van der Waals surface area contributed by atoms with Crippen molar-refractivity contribution in [2.45, 2.75) is 12.8 Å². The van der Waals surface area contributed by atoms with Crippen LogP contribution in [0.3, 0.4) is 0 Å². The Morgan fingerprint density at radius 1 is 1.35 bits per heavy atom. The molecule has 0 unspecified atom stereocenters. The zero-order valence-corrected chi connectivity index (χ0v) is 9.58. The second-order valence-electron chi connectivity index (χ2n) is 4.36. The zero-order chi connectivity index (χ0) is 12.3. The highest BCUT2D eigenvalue weighted by Crippen LogP contribution is 2.30. The fourth-order valence-electron chi connectivity index (χ4n) is 2.24. The lowest BCUT2D eigenvalue weighted by Gasteiger charge is -2.32. The summed E-state index contributed by atoms with van der Waals surface area (Å²) < 4.78 is 0. The molecule has 1 aromatic rings. The molecule has 1 aliphatic heterocycles. The summed E-state index contributed by atoms with van der Waals surface area (Å²) in [4.78, 5) is 12.6. The highest BCUT2D eigenvalue weighted by molar-refractivity contribution is 5.63. The number of aliphatic hydroxyl groups is 1. The number of anilines is 1. The van der Waals surface area contributed by atoms with Gasteiger partial charge in [-0.05, 0) is 24.8 Å². The molecule has 0 amide bonds. The molecule has 1 heterocycles. The molecule has 1 saturated heterocycles. The largest absolute Gasteiger partial charge is 0.396 e. The van der Waals surface area contributed by atoms with Crippen molar-refractivity contribution < 1.29 is 10.0 Å². The van der Waals surface area contributed by atoms with Crippen LogP contribution in [0.4, 0.5) is 11.4 Å². The van der Waals surface area contributed by atoms with Crippen molar-refractivity contribution in [1.29, 1.82) is 0 Å². The van der Waals surface area contributed by atoms with E-state index in [1.807, 2.05) is 11.0 Å². The molecule has 0 aromatic heterocycles. The minimum atomic E-state index is -0.340. The number of aliphatic hydroxyl groups excluding tert-OH is 1. The lowest BCUT2D eigenvalue weighted by Crippen LogP contribution is -2.35. The van der Waals surface area contributed by atoms with E-state index in [4.69, 9.17) is 5.11 Å². The van der Waals surface area contributed by atoms with Gasteiger partial charge in [0, 0.05) is 25.8 Å². The van der Waals surface area contributed by atoms with E-state index >= 15 is 0 Å². The van der Waals surface area contributed by atoms with Gasteiger partial charge in [-0.2, -0.15) is 0 Å². The maximum absolute atomic E-state index is 10.9. The predicted octanol–water partition coefficient (Wildman–Crippen LogP) is 1.80. The van der Waals surface area contributed by atoms with Gasteiger partial charge in [0.25, 0.3) is 5.69 Å². The Morgan fingerprint density at radius 2 is 2.00 bits per heavy atom. The van der Waals surface area contributed by atoms with Crippen molar-refractivity contribution in [2.24, 2.45) is 5.92 Å². The summed E-state index contributed by atoms with van der Waals surface area (Å²) in [5.41, 5.74) is 0.851. The van der Waals surface area contributed by atoms with Gasteiger partial charge in [0.2, 0.25) is 0 Å². The Labute approximate surface area is 99.8 Å². The number of nitro benzene ring substituents is 1. The van der Waals surface area contributed by atoms with Crippen LogP contribution in [0, 0.1) is 16.0 Å². The first-order valence-electron chi connectivity index (χ1n) is 5.81. The van der Waals surface area contributed by atoms with Crippen LogP contribution >= 0.6 is 0 Å². The predicted molar refractivity (Wildman–Crippen MR) is 65.1 cm³/mol. The summed E-state index contributed by atoms with van der Waals surface area (Å²) in [6.07, 6.45) is 1.78. The molecule has 0 bridgehead atoms. The summed E-state index contributed by atoms with van der Waals surface area (Å²) in [6.45, 7) is 1.76. The van der Waals surface area contributed by atoms with Gasteiger partial charge < -0.3 is 10.0 Å². The second-order valence-corrected chi connectivity index (χ2v) is 4.36. The average molecular weight is 236 g/mol. The smallest absolute Gasteiger partial charge is 0.292 e. The minimum Gasteiger partial charge on any atom is -0.396 e. The normalized spacial score (nSPS) is 17.1. The number of benzene rings is 1. The first-order valence-corrected chi connectivity index (χ1v) is 5.81. The number of rotatable bonds is 3. The number of hydrogen-bond acceptors (Lipinski definition) is 4. The van der Waals surface area contributed by atoms with E-state index in [-0.39, 0.29) is 17.2 Å². The standard InChI is InChI=1S/C12H16N2O3/c15-9-10-5-7-13(8-6-10)11-3-1-2-4-12(11)14(16)17/h1-4,10,15H,5-9H2. The van der Waals surface area contributed by atoms with Crippen molar-refractivity contribution in [3.63, 3.8) is 0 Å². The van der Waals surface area contributed by atoms with E-state index in [0.29, 0.717) is 11.6 Å². The Hall–Kier alpha value is -1.62. The molecule has 2 rings (SSSR count). The highest BCUT2D eigenvalue weighted by Gasteiger charge is 2.23. The molecule has 5 heteroatoms. The molecule has 17 heavy (non-hydrogen) atoms. The van der Waals surface area contributed by atoms with Crippen molar-refractivity contribution in [1.82, 2.24) is 0 Å². The lowest BCUT2D eigenvalue weighted by molar-refractivity contribution is -0.384. The molecule has 1 N–H and O–H groups in total. The number of nitro groups is 1. The van der Waals surface area contributed by atoms with Crippen LogP contribution in [-0.4, -0.2) is 29.7 Å². The van der Waals surface area contributed by atoms with Crippen LogP contribution in [0.25, 0.3) is 0 Å². The van der Waals surface area contributed by atoms with E-state index in [1.165, 1.54) is 6.07 Å². The number of para-hydroxylation sites is 2. The molecule has 92 valence electrons. The molecular formula is C12H16N2O3. The maximum Gasteiger partial charge on any atom is 0.292 e. The third kappa shape index (κ3) is 2.55. The number of nitrogens with zero attached hydrogens (tertiary/aromatic N) is 2. The van der Waals surface area contributed by atoms with Crippen LogP contribution in [0.5, 0.6) is 0 Å². The highest BCUT2D eigenvalue weighted by atomic mass is 16.6. The lowest BCUT2D eigenvalue weighted by atomic mass is 9.97. The number of piperidine rings is 1. The maximum atomic E-state index is 10.9. The van der Waals surface area contributed by atoms with Crippen molar-refractivity contribution in [2.75, 3.05) is 24.6 Å². The van der Waals surface area contributed by atoms with E-state index in [9.17, 15) is 10.1 Å².